The molecule has 0 saturated heterocycles. The second-order valence-electron chi connectivity index (χ2n) is 7.30. The lowest BCUT2D eigenvalue weighted by Crippen LogP contribution is -2.35. The molecule has 0 radical (unpaired) electrons. The molecule has 0 bridgehead atoms. The first kappa shape index (κ1) is 20.7. The molecule has 1 aliphatic rings. The van der Waals surface area contributed by atoms with E-state index >= 15 is 0 Å². The van der Waals surface area contributed by atoms with Gasteiger partial charge in [0.2, 0.25) is 10.0 Å². The fourth-order valence-electron chi connectivity index (χ4n) is 3.61. The van der Waals surface area contributed by atoms with Crippen molar-refractivity contribution in [1.82, 2.24) is 4.90 Å². The first-order valence-corrected chi connectivity index (χ1v) is 11.6. The van der Waals surface area contributed by atoms with Crippen molar-refractivity contribution < 1.29 is 13.2 Å². The van der Waals surface area contributed by atoms with E-state index < -0.39 is 10.0 Å². The van der Waals surface area contributed by atoms with Crippen LogP contribution in [0.2, 0.25) is 5.02 Å². The van der Waals surface area contributed by atoms with E-state index in [0.717, 1.165) is 18.4 Å². The lowest BCUT2D eigenvalue weighted by molar-refractivity contribution is 0.0735. The molecule has 0 heterocycles. The Morgan fingerprint density at radius 1 is 1.11 bits per heavy atom. The monoisotopic (exact) mass is 420 g/mol. The van der Waals surface area contributed by atoms with Crippen LogP contribution < -0.4 is 4.31 Å². The SMILES string of the molecule is CN(C(=O)c1ccc(CN(c2cccc(Cl)c2)S(C)(=O)=O)cc1)C1CCCC1. The molecule has 2 aromatic rings. The Balaban J connectivity index is 1.77. The number of nitrogens with zero attached hydrogens (tertiary/aromatic N) is 2. The molecule has 2 aromatic carbocycles. The van der Waals surface area contributed by atoms with Crippen LogP contribution in [-0.2, 0) is 16.6 Å². The third-order valence-corrected chi connectivity index (χ3v) is 6.59. The lowest BCUT2D eigenvalue weighted by atomic mass is 10.1. The molecule has 1 aliphatic carbocycles. The molecule has 0 unspecified atom stereocenters. The molecule has 0 N–H and O–H groups in total. The van der Waals surface area contributed by atoms with E-state index in [9.17, 15) is 13.2 Å². The summed E-state index contributed by atoms with van der Waals surface area (Å²) in [5.41, 5.74) is 1.92. The van der Waals surface area contributed by atoms with Gasteiger partial charge in [0.05, 0.1) is 18.5 Å². The van der Waals surface area contributed by atoms with E-state index in [1.54, 1.807) is 48.5 Å². The molecular weight excluding hydrogens is 396 g/mol. The first-order chi connectivity index (χ1) is 13.3. The topological polar surface area (TPSA) is 57.7 Å². The Hall–Kier alpha value is -2.05. The van der Waals surface area contributed by atoms with E-state index in [-0.39, 0.29) is 12.5 Å². The van der Waals surface area contributed by atoms with Crippen molar-refractivity contribution in [2.24, 2.45) is 0 Å². The zero-order valence-electron chi connectivity index (χ0n) is 16.1. The number of benzene rings is 2. The molecule has 0 atom stereocenters. The van der Waals surface area contributed by atoms with Gasteiger partial charge in [0.25, 0.3) is 5.91 Å². The number of halogens is 1. The summed E-state index contributed by atoms with van der Waals surface area (Å²) >= 11 is 6.02. The van der Waals surface area contributed by atoms with Gasteiger partial charge < -0.3 is 4.90 Å². The van der Waals surface area contributed by atoms with Crippen LogP contribution in [0.1, 0.15) is 41.6 Å². The van der Waals surface area contributed by atoms with Crippen molar-refractivity contribution in [2.45, 2.75) is 38.3 Å². The maximum absolute atomic E-state index is 12.7. The average Bonchev–Trinajstić information content (AvgIpc) is 3.19. The molecule has 1 saturated carbocycles. The van der Waals surface area contributed by atoms with Gasteiger partial charge in [0.15, 0.2) is 0 Å². The smallest absolute Gasteiger partial charge is 0.253 e. The van der Waals surface area contributed by atoms with Gasteiger partial charge in [-0.25, -0.2) is 8.42 Å². The minimum atomic E-state index is -3.48. The van der Waals surface area contributed by atoms with Gasteiger partial charge in [-0.2, -0.15) is 0 Å². The van der Waals surface area contributed by atoms with Crippen LogP contribution in [0.25, 0.3) is 0 Å². The van der Waals surface area contributed by atoms with Gasteiger partial charge in [-0.3, -0.25) is 9.10 Å². The van der Waals surface area contributed by atoms with Gasteiger partial charge in [0.1, 0.15) is 0 Å². The van der Waals surface area contributed by atoms with Crippen molar-refractivity contribution in [3.8, 4) is 0 Å². The molecular formula is C21H25ClN2O3S. The van der Waals surface area contributed by atoms with Crippen molar-refractivity contribution in [2.75, 3.05) is 17.6 Å². The molecule has 150 valence electrons. The van der Waals surface area contributed by atoms with Crippen molar-refractivity contribution in [1.29, 1.82) is 0 Å². The van der Waals surface area contributed by atoms with Crippen LogP contribution in [0.4, 0.5) is 5.69 Å². The molecule has 5 nitrogen and oxygen atoms in total. The lowest BCUT2D eigenvalue weighted by Gasteiger charge is -2.25. The third kappa shape index (κ3) is 4.86. The predicted molar refractivity (Wildman–Crippen MR) is 113 cm³/mol. The van der Waals surface area contributed by atoms with Crippen LogP contribution in [0.15, 0.2) is 48.5 Å². The molecule has 0 aliphatic heterocycles. The molecule has 0 spiro atoms. The molecule has 1 amide bonds. The molecule has 1 fully saturated rings. The van der Waals surface area contributed by atoms with Gasteiger partial charge in [-0.15, -0.1) is 0 Å². The highest BCUT2D eigenvalue weighted by molar-refractivity contribution is 7.92. The zero-order valence-corrected chi connectivity index (χ0v) is 17.7. The van der Waals surface area contributed by atoms with Crippen LogP contribution in [-0.4, -0.2) is 38.6 Å². The van der Waals surface area contributed by atoms with Gasteiger partial charge in [0, 0.05) is 23.7 Å². The minimum Gasteiger partial charge on any atom is -0.339 e. The highest BCUT2D eigenvalue weighted by Gasteiger charge is 2.24. The Bertz CT molecular complexity index is 938. The zero-order chi connectivity index (χ0) is 20.3. The third-order valence-electron chi connectivity index (χ3n) is 5.22. The second kappa shape index (κ2) is 8.53. The van der Waals surface area contributed by atoms with Gasteiger partial charge in [-0.05, 0) is 48.7 Å². The summed E-state index contributed by atoms with van der Waals surface area (Å²) in [5.74, 6) is 0.00765. The van der Waals surface area contributed by atoms with E-state index in [4.69, 9.17) is 11.6 Å². The fourth-order valence-corrected chi connectivity index (χ4v) is 4.68. The van der Waals surface area contributed by atoms with E-state index in [0.29, 0.717) is 22.3 Å². The highest BCUT2D eigenvalue weighted by Crippen LogP contribution is 2.25. The maximum Gasteiger partial charge on any atom is 0.253 e. The van der Waals surface area contributed by atoms with E-state index in [1.165, 1.54) is 23.4 Å². The number of amides is 1. The summed E-state index contributed by atoms with van der Waals surface area (Å²) in [6.45, 7) is 0.173. The summed E-state index contributed by atoms with van der Waals surface area (Å²) in [5, 5.41) is 0.474. The summed E-state index contributed by atoms with van der Waals surface area (Å²) in [4.78, 5) is 14.5. The number of hydrogen-bond donors (Lipinski definition) is 0. The first-order valence-electron chi connectivity index (χ1n) is 9.35. The number of rotatable bonds is 6. The number of carbonyl (C=O) groups excluding carboxylic acids is 1. The summed E-state index contributed by atoms with van der Waals surface area (Å²) in [6.07, 6.45) is 5.63. The summed E-state index contributed by atoms with van der Waals surface area (Å²) in [7, 11) is -1.63. The van der Waals surface area contributed by atoms with Crippen LogP contribution in [0.5, 0.6) is 0 Å². The van der Waals surface area contributed by atoms with Crippen molar-refractivity contribution in [3.05, 3.63) is 64.7 Å². The average molecular weight is 421 g/mol. The second-order valence-corrected chi connectivity index (χ2v) is 9.64. The Morgan fingerprint density at radius 3 is 2.32 bits per heavy atom. The van der Waals surface area contributed by atoms with E-state index in [1.807, 2.05) is 11.9 Å². The number of anilines is 1. The Kier molecular flexibility index (Phi) is 6.30. The molecule has 3 rings (SSSR count). The van der Waals surface area contributed by atoms with Crippen LogP contribution in [0.3, 0.4) is 0 Å². The quantitative estimate of drug-likeness (QED) is 0.699. The minimum absolute atomic E-state index is 0.00765. The van der Waals surface area contributed by atoms with Gasteiger partial charge >= 0.3 is 0 Å². The Labute approximate surface area is 172 Å². The fraction of sp³-hybridized carbons (Fsp3) is 0.381. The van der Waals surface area contributed by atoms with E-state index in [2.05, 4.69) is 0 Å². The maximum atomic E-state index is 12.7. The number of carbonyl (C=O) groups is 1. The summed E-state index contributed by atoms with van der Waals surface area (Å²) in [6, 6.07) is 14.2. The highest BCUT2D eigenvalue weighted by atomic mass is 35.5. The molecule has 0 aromatic heterocycles. The number of sulfonamides is 1. The standard InChI is InChI=1S/C21H25ClN2O3S/c1-23(19-7-3-4-8-19)21(25)17-12-10-16(11-13-17)15-24(28(2,26)27)20-9-5-6-18(22)14-20/h5-6,9-14,19H,3-4,7-8,15H2,1-2H3. The van der Waals surface area contributed by atoms with Crippen LogP contribution in [0, 0.1) is 0 Å². The summed E-state index contributed by atoms with van der Waals surface area (Å²) < 4.78 is 25.9. The van der Waals surface area contributed by atoms with Crippen LogP contribution >= 0.6 is 11.6 Å². The van der Waals surface area contributed by atoms with Crippen molar-refractivity contribution in [3.63, 3.8) is 0 Å². The predicted octanol–water partition coefficient (Wildman–Crippen LogP) is 4.32. The van der Waals surface area contributed by atoms with Crippen molar-refractivity contribution >= 4 is 33.2 Å². The Morgan fingerprint density at radius 2 is 1.75 bits per heavy atom. The largest absolute Gasteiger partial charge is 0.339 e. The molecule has 7 heteroatoms. The molecule has 28 heavy (non-hydrogen) atoms. The normalized spacial score (nSPS) is 14.8. The van der Waals surface area contributed by atoms with Gasteiger partial charge in [-0.1, -0.05) is 42.6 Å². The number of hydrogen-bond acceptors (Lipinski definition) is 3.